The number of nitrogens with zero attached hydrogens (tertiary/aromatic N) is 2. The molecule has 0 atom stereocenters. The first kappa shape index (κ1) is 13.6. The van der Waals surface area contributed by atoms with Gasteiger partial charge in [-0.15, -0.1) is 0 Å². The number of aliphatic imine (C=N–C) groups is 1. The molecule has 6 heteroatoms. The van der Waals surface area contributed by atoms with Crippen LogP contribution in [0.25, 0.3) is 0 Å². The van der Waals surface area contributed by atoms with Gasteiger partial charge in [0.05, 0.1) is 6.54 Å². The highest BCUT2D eigenvalue weighted by molar-refractivity contribution is 5.75. The van der Waals surface area contributed by atoms with Crippen LogP contribution in [0.15, 0.2) is 4.99 Å². The molecule has 17 heavy (non-hydrogen) atoms. The predicted octanol–water partition coefficient (Wildman–Crippen LogP) is 0.659. The third kappa shape index (κ3) is 5.42. The molecule has 0 saturated heterocycles. The molecular formula is C11H22N4O2. The van der Waals surface area contributed by atoms with Gasteiger partial charge in [0.2, 0.25) is 0 Å². The van der Waals surface area contributed by atoms with Crippen molar-refractivity contribution in [1.82, 2.24) is 4.90 Å². The topological polar surface area (TPSA) is 93.9 Å². The second-order valence-corrected chi connectivity index (χ2v) is 5.21. The van der Waals surface area contributed by atoms with Gasteiger partial charge in [0.25, 0.3) is 0 Å². The van der Waals surface area contributed by atoms with Gasteiger partial charge in [-0.05, 0) is 33.6 Å². The van der Waals surface area contributed by atoms with Crippen LogP contribution in [0.5, 0.6) is 0 Å². The molecule has 0 aromatic carbocycles. The minimum Gasteiger partial charge on any atom is -0.444 e. The van der Waals surface area contributed by atoms with Crippen molar-refractivity contribution in [3.05, 3.63) is 0 Å². The Labute approximate surface area is 102 Å². The van der Waals surface area contributed by atoms with Crippen molar-refractivity contribution >= 4 is 12.1 Å². The first-order valence-corrected chi connectivity index (χ1v) is 5.84. The highest BCUT2D eigenvalue weighted by Gasteiger charge is 2.34. The molecule has 98 valence electrons. The van der Waals surface area contributed by atoms with Crippen molar-refractivity contribution in [1.29, 1.82) is 0 Å². The molecule has 1 amide bonds. The summed E-state index contributed by atoms with van der Waals surface area (Å²) in [5.74, 6) is 0.0462. The van der Waals surface area contributed by atoms with Crippen LogP contribution < -0.4 is 11.5 Å². The minimum atomic E-state index is -0.472. The van der Waals surface area contributed by atoms with Gasteiger partial charge < -0.3 is 21.1 Å². The molecule has 0 radical (unpaired) electrons. The molecule has 0 heterocycles. The molecule has 1 aliphatic rings. The summed E-state index contributed by atoms with van der Waals surface area (Å²) in [7, 11) is 0. The molecule has 1 rings (SSSR count). The van der Waals surface area contributed by atoms with E-state index in [1.54, 1.807) is 4.90 Å². The number of amides is 1. The lowest BCUT2D eigenvalue weighted by molar-refractivity contribution is 0.0240. The van der Waals surface area contributed by atoms with E-state index < -0.39 is 5.60 Å². The van der Waals surface area contributed by atoms with Crippen molar-refractivity contribution in [2.24, 2.45) is 16.5 Å². The third-order valence-corrected chi connectivity index (χ3v) is 2.25. The van der Waals surface area contributed by atoms with Crippen LogP contribution in [-0.4, -0.2) is 41.7 Å². The fourth-order valence-corrected chi connectivity index (χ4v) is 1.42. The molecule has 0 aliphatic heterocycles. The zero-order chi connectivity index (χ0) is 13.1. The summed E-state index contributed by atoms with van der Waals surface area (Å²) in [6.07, 6.45) is 1.77. The highest BCUT2D eigenvalue weighted by Crippen LogP contribution is 2.28. The zero-order valence-electron chi connectivity index (χ0n) is 10.8. The number of rotatable bonds is 4. The molecule has 0 bridgehead atoms. The SMILES string of the molecule is CC(C)(C)OC(=O)N(CCN=C(N)N)C1CC1. The quantitative estimate of drug-likeness (QED) is 0.559. The van der Waals surface area contributed by atoms with Gasteiger partial charge in [-0.2, -0.15) is 0 Å². The summed E-state index contributed by atoms with van der Waals surface area (Å²) in [5, 5.41) is 0. The minimum absolute atomic E-state index is 0.0462. The van der Waals surface area contributed by atoms with E-state index in [1.165, 1.54) is 0 Å². The van der Waals surface area contributed by atoms with Crippen molar-refractivity contribution < 1.29 is 9.53 Å². The van der Waals surface area contributed by atoms with Gasteiger partial charge >= 0.3 is 6.09 Å². The Balaban J connectivity index is 2.48. The lowest BCUT2D eigenvalue weighted by Gasteiger charge is -2.27. The molecule has 0 spiro atoms. The van der Waals surface area contributed by atoms with Gasteiger partial charge in [-0.3, -0.25) is 4.99 Å². The number of hydrogen-bond donors (Lipinski definition) is 2. The van der Waals surface area contributed by atoms with Crippen molar-refractivity contribution in [3.8, 4) is 0 Å². The van der Waals surface area contributed by atoms with Gasteiger partial charge in [0.1, 0.15) is 5.60 Å². The summed E-state index contributed by atoms with van der Waals surface area (Å²) < 4.78 is 5.33. The van der Waals surface area contributed by atoms with Crippen LogP contribution in [0.1, 0.15) is 33.6 Å². The molecule has 0 aromatic heterocycles. The Morgan fingerprint density at radius 3 is 2.41 bits per heavy atom. The largest absolute Gasteiger partial charge is 0.444 e. The van der Waals surface area contributed by atoms with E-state index in [-0.39, 0.29) is 12.1 Å². The number of guanidine groups is 1. The van der Waals surface area contributed by atoms with Gasteiger partial charge in [-0.1, -0.05) is 0 Å². The van der Waals surface area contributed by atoms with Crippen molar-refractivity contribution in [2.75, 3.05) is 13.1 Å². The number of carbonyl (C=O) groups excluding carboxylic acids is 1. The van der Waals surface area contributed by atoms with Gasteiger partial charge in [0, 0.05) is 12.6 Å². The standard InChI is InChI=1S/C11H22N4O2/c1-11(2,3)17-10(16)15(8-4-5-8)7-6-14-9(12)13/h8H,4-7H2,1-3H3,(H4,12,13,14). The number of hydrogen-bond acceptors (Lipinski definition) is 3. The Kier molecular flexibility index (Phi) is 4.20. The fraction of sp³-hybridized carbons (Fsp3) is 0.818. The van der Waals surface area contributed by atoms with Crippen LogP contribution in [-0.2, 0) is 4.74 Å². The van der Waals surface area contributed by atoms with Crippen LogP contribution in [0.3, 0.4) is 0 Å². The van der Waals surface area contributed by atoms with E-state index in [1.807, 2.05) is 20.8 Å². The summed E-state index contributed by atoms with van der Waals surface area (Å²) in [6.45, 7) is 6.47. The molecule has 4 N–H and O–H groups in total. The summed E-state index contributed by atoms with van der Waals surface area (Å²) in [4.78, 5) is 17.5. The van der Waals surface area contributed by atoms with Crippen molar-refractivity contribution in [2.45, 2.75) is 45.3 Å². The van der Waals surface area contributed by atoms with E-state index >= 15 is 0 Å². The maximum atomic E-state index is 11.9. The molecule has 0 unspecified atom stereocenters. The van der Waals surface area contributed by atoms with Gasteiger partial charge in [0.15, 0.2) is 5.96 Å². The summed E-state index contributed by atoms with van der Waals surface area (Å²) in [6, 6.07) is 0.291. The van der Waals surface area contributed by atoms with Gasteiger partial charge in [-0.25, -0.2) is 4.79 Å². The summed E-state index contributed by atoms with van der Waals surface area (Å²) >= 11 is 0. The predicted molar refractivity (Wildman–Crippen MR) is 66.6 cm³/mol. The third-order valence-electron chi connectivity index (χ3n) is 2.25. The van der Waals surface area contributed by atoms with E-state index in [4.69, 9.17) is 16.2 Å². The number of ether oxygens (including phenoxy) is 1. The number of nitrogens with two attached hydrogens (primary N) is 2. The Morgan fingerprint density at radius 1 is 1.41 bits per heavy atom. The Bertz CT molecular complexity index is 301. The average molecular weight is 242 g/mol. The monoisotopic (exact) mass is 242 g/mol. The molecule has 6 nitrogen and oxygen atoms in total. The van der Waals surface area contributed by atoms with Crippen LogP contribution in [0.4, 0.5) is 4.79 Å². The lowest BCUT2D eigenvalue weighted by atomic mass is 10.2. The van der Waals surface area contributed by atoms with Crippen LogP contribution in [0, 0.1) is 0 Å². The first-order chi connectivity index (χ1) is 7.79. The van der Waals surface area contributed by atoms with Crippen molar-refractivity contribution in [3.63, 3.8) is 0 Å². The number of carbonyl (C=O) groups is 1. The summed E-state index contributed by atoms with van der Waals surface area (Å²) in [5.41, 5.74) is 10.0. The van der Waals surface area contributed by atoms with E-state index in [0.717, 1.165) is 12.8 Å². The molecule has 1 fully saturated rings. The molecular weight excluding hydrogens is 220 g/mol. The molecule has 0 aromatic rings. The zero-order valence-corrected chi connectivity index (χ0v) is 10.8. The second-order valence-electron chi connectivity index (χ2n) is 5.21. The maximum absolute atomic E-state index is 11.9. The maximum Gasteiger partial charge on any atom is 0.410 e. The van der Waals surface area contributed by atoms with Crippen LogP contribution >= 0.6 is 0 Å². The molecule has 1 aliphatic carbocycles. The average Bonchev–Trinajstić information content (AvgIpc) is 2.91. The van der Waals surface area contributed by atoms with E-state index in [0.29, 0.717) is 19.1 Å². The van der Waals surface area contributed by atoms with E-state index in [2.05, 4.69) is 4.99 Å². The Hall–Kier alpha value is -1.46. The highest BCUT2D eigenvalue weighted by atomic mass is 16.6. The second kappa shape index (κ2) is 5.25. The fourth-order valence-electron chi connectivity index (χ4n) is 1.42. The first-order valence-electron chi connectivity index (χ1n) is 5.84. The lowest BCUT2D eigenvalue weighted by Crippen LogP contribution is -2.40. The molecule has 1 saturated carbocycles. The Morgan fingerprint density at radius 2 is 2.00 bits per heavy atom. The normalized spacial score (nSPS) is 15.2. The van der Waals surface area contributed by atoms with E-state index in [9.17, 15) is 4.79 Å². The van der Waals surface area contributed by atoms with Crippen LogP contribution in [0.2, 0.25) is 0 Å². The smallest absolute Gasteiger partial charge is 0.410 e.